The summed E-state index contributed by atoms with van der Waals surface area (Å²) < 4.78 is 33.8. The van der Waals surface area contributed by atoms with Crippen molar-refractivity contribution in [2.24, 2.45) is 5.92 Å². The smallest absolute Gasteiger partial charge is 0.231 e. The number of benzene rings is 3. The minimum absolute atomic E-state index is 0.0195. The van der Waals surface area contributed by atoms with Gasteiger partial charge in [-0.15, -0.1) is 0 Å². The zero-order valence-corrected chi connectivity index (χ0v) is 19.5. The number of phenols is 1. The quantitative estimate of drug-likeness (QED) is 0.540. The molecule has 2 heterocycles. The molecule has 34 heavy (non-hydrogen) atoms. The van der Waals surface area contributed by atoms with E-state index < -0.39 is 0 Å². The summed E-state index contributed by atoms with van der Waals surface area (Å²) in [5.41, 5.74) is 2.78. The van der Waals surface area contributed by atoms with Crippen LogP contribution in [0.4, 0.5) is 5.69 Å². The van der Waals surface area contributed by atoms with Gasteiger partial charge in [-0.25, -0.2) is 0 Å². The number of rotatable bonds is 6. The molecular weight excluding hydrogens is 438 g/mol. The minimum Gasteiger partial charge on any atom is -0.502 e. The molecule has 3 aromatic rings. The summed E-state index contributed by atoms with van der Waals surface area (Å²) in [6, 6.07) is 15.2. The molecule has 8 nitrogen and oxygen atoms in total. The van der Waals surface area contributed by atoms with Gasteiger partial charge >= 0.3 is 0 Å². The van der Waals surface area contributed by atoms with Gasteiger partial charge in [-0.3, -0.25) is 0 Å². The van der Waals surface area contributed by atoms with Crippen LogP contribution in [-0.4, -0.2) is 39.5 Å². The topological polar surface area (TPSA) is 87.6 Å². The molecule has 0 saturated carbocycles. The highest BCUT2D eigenvalue weighted by atomic mass is 16.7. The third kappa shape index (κ3) is 3.75. The first-order valence-corrected chi connectivity index (χ1v) is 11.0. The molecule has 2 aliphatic rings. The predicted molar refractivity (Wildman–Crippen MR) is 126 cm³/mol. The Morgan fingerprint density at radius 3 is 2.12 bits per heavy atom. The van der Waals surface area contributed by atoms with Gasteiger partial charge in [0.1, 0.15) is 11.5 Å². The number of hydrogen-bond donors (Lipinski definition) is 2. The predicted octanol–water partition coefficient (Wildman–Crippen LogP) is 4.75. The van der Waals surface area contributed by atoms with Crippen molar-refractivity contribution in [1.82, 2.24) is 0 Å². The van der Waals surface area contributed by atoms with Crippen LogP contribution in [-0.2, 0) is 0 Å². The summed E-state index contributed by atoms with van der Waals surface area (Å²) in [5, 5.41) is 14.0. The number of nitrogens with one attached hydrogen (secondary N) is 1. The molecule has 0 radical (unpaired) electrons. The third-order valence-corrected chi connectivity index (χ3v) is 6.36. The van der Waals surface area contributed by atoms with E-state index in [-0.39, 0.29) is 30.6 Å². The SMILES string of the molecule is COc1ccc(N[C@H]2Oc3cc4c(cc3[C@H](c3cc(OC)c(O)c(OC)c3)[C@H]2C)OCO4)cc1. The second-order valence-corrected chi connectivity index (χ2v) is 8.27. The number of phenolic OH excluding ortho intramolecular Hbond substituents is 1. The molecule has 0 fully saturated rings. The van der Waals surface area contributed by atoms with Crippen LogP contribution in [0, 0.1) is 5.92 Å². The van der Waals surface area contributed by atoms with Gasteiger partial charge in [0.05, 0.1) is 21.3 Å². The lowest BCUT2D eigenvalue weighted by Gasteiger charge is -2.39. The second-order valence-electron chi connectivity index (χ2n) is 8.27. The standard InChI is InChI=1S/C26H27NO7/c1-14-24(15-9-22(30-3)25(28)23(10-15)31-4)18-11-20-21(33-13-32-20)12-19(18)34-26(14)27-16-5-7-17(29-2)8-6-16/h5-12,14,24,26-28H,13H2,1-4H3/t14-,24+,26+/m1/s1. The van der Waals surface area contributed by atoms with E-state index in [1.165, 1.54) is 14.2 Å². The Hall–Kier alpha value is -3.94. The number of methoxy groups -OCH3 is 3. The Labute approximate surface area is 197 Å². The highest BCUT2D eigenvalue weighted by molar-refractivity contribution is 5.60. The van der Waals surface area contributed by atoms with Crippen molar-refractivity contribution < 1.29 is 33.5 Å². The lowest BCUT2D eigenvalue weighted by atomic mass is 9.78. The van der Waals surface area contributed by atoms with Gasteiger partial charge in [0, 0.05) is 29.2 Å². The van der Waals surface area contributed by atoms with E-state index in [9.17, 15) is 5.11 Å². The molecule has 3 aromatic carbocycles. The average molecular weight is 466 g/mol. The maximum atomic E-state index is 10.5. The van der Waals surface area contributed by atoms with Crippen LogP contribution in [0.1, 0.15) is 24.0 Å². The van der Waals surface area contributed by atoms with Crippen LogP contribution in [0.3, 0.4) is 0 Å². The third-order valence-electron chi connectivity index (χ3n) is 6.36. The van der Waals surface area contributed by atoms with Crippen molar-refractivity contribution in [1.29, 1.82) is 0 Å². The van der Waals surface area contributed by atoms with Gasteiger partial charge in [0.2, 0.25) is 12.5 Å². The first-order chi connectivity index (χ1) is 16.5. The maximum Gasteiger partial charge on any atom is 0.231 e. The monoisotopic (exact) mass is 465 g/mol. The van der Waals surface area contributed by atoms with Crippen LogP contribution in [0.25, 0.3) is 0 Å². The van der Waals surface area contributed by atoms with E-state index in [4.69, 9.17) is 28.4 Å². The molecule has 0 aromatic heterocycles. The number of anilines is 1. The molecule has 0 bridgehead atoms. The number of hydrogen-bond acceptors (Lipinski definition) is 8. The summed E-state index contributed by atoms with van der Waals surface area (Å²) in [6.07, 6.45) is -0.350. The van der Waals surface area contributed by atoms with Crippen molar-refractivity contribution in [2.45, 2.75) is 19.1 Å². The summed E-state index contributed by atoms with van der Waals surface area (Å²) in [6.45, 7) is 2.29. The van der Waals surface area contributed by atoms with E-state index in [2.05, 4.69) is 12.2 Å². The highest BCUT2D eigenvalue weighted by Crippen LogP contribution is 2.51. The first-order valence-electron chi connectivity index (χ1n) is 11.0. The molecule has 178 valence electrons. The van der Waals surface area contributed by atoms with Crippen molar-refractivity contribution >= 4 is 5.69 Å². The molecule has 3 atom stereocenters. The molecule has 0 amide bonds. The van der Waals surface area contributed by atoms with E-state index >= 15 is 0 Å². The van der Waals surface area contributed by atoms with Gasteiger partial charge < -0.3 is 38.8 Å². The van der Waals surface area contributed by atoms with Gasteiger partial charge in [-0.1, -0.05) is 6.92 Å². The van der Waals surface area contributed by atoms with Gasteiger partial charge in [0.25, 0.3) is 0 Å². The highest BCUT2D eigenvalue weighted by Gasteiger charge is 2.39. The summed E-state index contributed by atoms with van der Waals surface area (Å²) >= 11 is 0. The fourth-order valence-corrected chi connectivity index (χ4v) is 4.58. The first kappa shape index (κ1) is 21.9. The fourth-order valence-electron chi connectivity index (χ4n) is 4.58. The van der Waals surface area contributed by atoms with E-state index in [0.29, 0.717) is 28.7 Å². The Morgan fingerprint density at radius 1 is 0.853 bits per heavy atom. The average Bonchev–Trinajstić information content (AvgIpc) is 3.31. The lowest BCUT2D eigenvalue weighted by molar-refractivity contribution is 0.134. The van der Waals surface area contributed by atoms with Crippen molar-refractivity contribution in [3.05, 3.63) is 59.7 Å². The van der Waals surface area contributed by atoms with E-state index in [1.807, 2.05) is 48.5 Å². The van der Waals surface area contributed by atoms with Crippen molar-refractivity contribution in [3.8, 4) is 40.2 Å². The zero-order valence-electron chi connectivity index (χ0n) is 19.5. The maximum absolute atomic E-state index is 10.5. The largest absolute Gasteiger partial charge is 0.502 e. The summed E-state index contributed by atoms with van der Waals surface area (Å²) in [5.74, 6) is 3.32. The second kappa shape index (κ2) is 8.78. The van der Waals surface area contributed by atoms with Crippen molar-refractivity contribution in [3.63, 3.8) is 0 Å². The number of fused-ring (bicyclic) bond motifs is 2. The van der Waals surface area contributed by atoms with Crippen LogP contribution in [0.15, 0.2) is 48.5 Å². The zero-order chi connectivity index (χ0) is 23.8. The van der Waals surface area contributed by atoms with Gasteiger partial charge in [-0.05, 0) is 48.0 Å². The van der Waals surface area contributed by atoms with E-state index in [0.717, 1.165) is 22.6 Å². The molecule has 0 saturated heterocycles. The Balaban J connectivity index is 1.59. The molecule has 0 aliphatic carbocycles. The summed E-state index contributed by atoms with van der Waals surface area (Å²) in [7, 11) is 4.68. The molecular formula is C26H27NO7. The Bertz CT molecular complexity index is 1170. The van der Waals surface area contributed by atoms with Gasteiger partial charge in [-0.2, -0.15) is 0 Å². The Morgan fingerprint density at radius 2 is 1.50 bits per heavy atom. The minimum atomic E-state index is -0.350. The molecule has 0 spiro atoms. The van der Waals surface area contributed by atoms with Crippen LogP contribution >= 0.6 is 0 Å². The van der Waals surface area contributed by atoms with Crippen LogP contribution in [0.2, 0.25) is 0 Å². The van der Waals surface area contributed by atoms with Gasteiger partial charge in [0.15, 0.2) is 29.2 Å². The van der Waals surface area contributed by atoms with Crippen LogP contribution < -0.4 is 33.7 Å². The molecule has 2 aliphatic heterocycles. The van der Waals surface area contributed by atoms with Crippen LogP contribution in [0.5, 0.6) is 40.2 Å². The normalized spacial score (nSPS) is 20.2. The molecule has 0 unspecified atom stereocenters. The van der Waals surface area contributed by atoms with E-state index in [1.54, 1.807) is 7.11 Å². The number of ether oxygens (including phenoxy) is 6. The molecule has 2 N–H and O–H groups in total. The Kier molecular flexibility index (Phi) is 5.65. The fraction of sp³-hybridized carbons (Fsp3) is 0.308. The lowest BCUT2D eigenvalue weighted by Crippen LogP contribution is -2.40. The summed E-state index contributed by atoms with van der Waals surface area (Å²) in [4.78, 5) is 0. The molecule has 8 heteroatoms. The van der Waals surface area contributed by atoms with Crippen molar-refractivity contribution in [2.75, 3.05) is 33.4 Å². The number of aromatic hydroxyl groups is 1. The molecule has 5 rings (SSSR count).